The van der Waals surface area contributed by atoms with Crippen LogP contribution >= 0.6 is 0 Å². The zero-order chi connectivity index (χ0) is 22.0. The molecule has 4 rings (SSSR count). The number of ketones is 1. The van der Waals surface area contributed by atoms with E-state index >= 15 is 0 Å². The van der Waals surface area contributed by atoms with Crippen molar-refractivity contribution in [3.05, 3.63) is 77.5 Å². The predicted octanol–water partition coefficient (Wildman–Crippen LogP) is 4.64. The molecule has 0 bridgehead atoms. The molecular weight excluding hydrogens is 393 g/mol. The average Bonchev–Trinajstić information content (AvgIpc) is 2.73. The number of phenols is 1. The van der Waals surface area contributed by atoms with Gasteiger partial charge in [-0.25, -0.2) is 9.37 Å². The molecule has 3 N–H and O–H groups in total. The largest absolute Gasteiger partial charge is 0.508 e. The average molecular weight is 420 g/mol. The number of benzene rings is 1. The van der Waals surface area contributed by atoms with Gasteiger partial charge in [-0.3, -0.25) is 9.78 Å². The number of pyridine rings is 2. The third-order valence-corrected chi connectivity index (χ3v) is 5.97. The highest BCUT2D eigenvalue weighted by atomic mass is 19.1. The zero-order valence-electron chi connectivity index (χ0n) is 17.5. The lowest BCUT2D eigenvalue weighted by molar-refractivity contribution is 0.0987. The fraction of sp³-hybridized carbons (Fsp3) is 0.320. The third-order valence-electron chi connectivity index (χ3n) is 5.97. The summed E-state index contributed by atoms with van der Waals surface area (Å²) in [5, 5.41) is 9.43. The number of Topliss-reactive ketones (excluding diaryl/α,β-unsaturated/α-hetero) is 1. The zero-order valence-corrected chi connectivity index (χ0v) is 17.5. The van der Waals surface area contributed by atoms with Crippen LogP contribution in [0.2, 0.25) is 0 Å². The lowest BCUT2D eigenvalue weighted by atomic mass is 9.75. The molecule has 3 aromatic rings. The number of nitrogens with two attached hydrogens (primary N) is 1. The number of carbonyl (C=O) groups excluding carboxylic acids is 1. The van der Waals surface area contributed by atoms with E-state index in [1.54, 1.807) is 30.6 Å². The number of phenolic OH excluding ortho intramolecular Hbond substituents is 1. The van der Waals surface area contributed by atoms with Gasteiger partial charge < -0.3 is 10.8 Å². The van der Waals surface area contributed by atoms with E-state index in [1.807, 2.05) is 6.07 Å². The van der Waals surface area contributed by atoms with E-state index in [0.29, 0.717) is 17.5 Å². The Labute approximate surface area is 181 Å². The summed E-state index contributed by atoms with van der Waals surface area (Å²) < 4.78 is 14.2. The number of aromatic hydroxyl groups is 1. The van der Waals surface area contributed by atoms with Gasteiger partial charge in [0.2, 0.25) is 0 Å². The minimum Gasteiger partial charge on any atom is -0.508 e. The van der Waals surface area contributed by atoms with Crippen LogP contribution in [0.1, 0.15) is 53.7 Å². The van der Waals surface area contributed by atoms with Crippen LogP contribution in [-0.4, -0.2) is 26.9 Å². The Morgan fingerprint density at radius 3 is 2.81 bits per heavy atom. The molecule has 0 spiro atoms. The predicted molar refractivity (Wildman–Crippen MR) is 117 cm³/mol. The van der Waals surface area contributed by atoms with Crippen molar-refractivity contribution >= 4 is 5.78 Å². The van der Waals surface area contributed by atoms with E-state index in [0.717, 1.165) is 36.5 Å². The van der Waals surface area contributed by atoms with Crippen molar-refractivity contribution in [3.63, 3.8) is 0 Å². The number of halogens is 1. The van der Waals surface area contributed by atoms with Crippen LogP contribution in [0.15, 0.2) is 54.9 Å². The van der Waals surface area contributed by atoms with Gasteiger partial charge >= 0.3 is 0 Å². The summed E-state index contributed by atoms with van der Waals surface area (Å²) in [4.78, 5) is 21.7. The Morgan fingerprint density at radius 1 is 1.19 bits per heavy atom. The number of rotatable bonds is 5. The molecule has 2 heterocycles. The summed E-state index contributed by atoms with van der Waals surface area (Å²) in [7, 11) is 0. The van der Waals surface area contributed by atoms with E-state index in [9.17, 15) is 14.3 Å². The van der Waals surface area contributed by atoms with Crippen molar-refractivity contribution in [2.75, 3.05) is 0 Å². The molecule has 0 saturated heterocycles. The van der Waals surface area contributed by atoms with Gasteiger partial charge in [-0.15, -0.1) is 0 Å². The molecule has 1 saturated carbocycles. The number of hydrogen-bond acceptors (Lipinski definition) is 5. The van der Waals surface area contributed by atoms with Crippen LogP contribution in [0.3, 0.4) is 0 Å². The van der Waals surface area contributed by atoms with Crippen LogP contribution in [0.25, 0.3) is 11.3 Å². The number of nitrogens with zero attached hydrogens (tertiary/aromatic N) is 2. The molecule has 0 aliphatic heterocycles. The maximum Gasteiger partial charge on any atom is 0.185 e. The minimum atomic E-state index is -0.589. The van der Waals surface area contributed by atoms with Crippen LogP contribution in [0.5, 0.6) is 5.75 Å². The second-order valence-electron chi connectivity index (χ2n) is 8.52. The van der Waals surface area contributed by atoms with Crippen molar-refractivity contribution in [2.45, 2.75) is 44.6 Å². The SMILES string of the molecule is C[C@@H]1C[C@H](N)C[C@H](c2ccncc2CC(=O)c2cccc(-c3ccc(O)cc3F)n2)C1. The first-order chi connectivity index (χ1) is 14.9. The lowest BCUT2D eigenvalue weighted by Gasteiger charge is -2.32. The van der Waals surface area contributed by atoms with Crippen LogP contribution < -0.4 is 5.73 Å². The van der Waals surface area contributed by atoms with Crippen molar-refractivity contribution in [2.24, 2.45) is 11.7 Å². The van der Waals surface area contributed by atoms with Crippen molar-refractivity contribution in [3.8, 4) is 17.0 Å². The monoisotopic (exact) mass is 419 g/mol. The van der Waals surface area contributed by atoms with E-state index in [2.05, 4.69) is 16.9 Å². The molecule has 1 aliphatic rings. The molecular formula is C25H26FN3O2. The van der Waals surface area contributed by atoms with Crippen LogP contribution in [0.4, 0.5) is 4.39 Å². The fourth-order valence-corrected chi connectivity index (χ4v) is 4.61. The maximum absolute atomic E-state index is 14.2. The van der Waals surface area contributed by atoms with Gasteiger partial charge in [0.15, 0.2) is 5.78 Å². The Bertz CT molecular complexity index is 1090. The van der Waals surface area contributed by atoms with E-state index in [1.165, 1.54) is 12.1 Å². The second kappa shape index (κ2) is 8.94. The fourth-order valence-electron chi connectivity index (χ4n) is 4.61. The van der Waals surface area contributed by atoms with Crippen LogP contribution in [-0.2, 0) is 6.42 Å². The van der Waals surface area contributed by atoms with E-state index in [-0.39, 0.29) is 35.3 Å². The number of carbonyl (C=O) groups is 1. The third kappa shape index (κ3) is 4.80. The minimum absolute atomic E-state index is 0.150. The molecule has 160 valence electrons. The van der Waals surface area contributed by atoms with Gasteiger partial charge in [-0.05, 0) is 72.6 Å². The number of hydrogen-bond donors (Lipinski definition) is 2. The molecule has 2 aromatic heterocycles. The maximum atomic E-state index is 14.2. The standard InChI is InChI=1S/C25H26FN3O2/c1-15-9-16(11-18(27)10-15)20-7-8-28-14-17(20)12-25(31)24-4-2-3-23(29-24)21-6-5-19(30)13-22(21)26/h2-8,13-16,18,30H,9-12,27H2,1H3/t15-,16+,18-/m0/s1. The summed E-state index contributed by atoms with van der Waals surface area (Å²) in [6.07, 6.45) is 6.68. The molecule has 6 heteroatoms. The summed E-state index contributed by atoms with van der Waals surface area (Å²) >= 11 is 0. The normalized spacial score (nSPS) is 21.1. The highest BCUT2D eigenvalue weighted by Crippen LogP contribution is 2.37. The summed E-state index contributed by atoms with van der Waals surface area (Å²) in [6, 6.07) is 11.0. The number of aromatic nitrogens is 2. The van der Waals surface area contributed by atoms with Gasteiger partial charge in [0.25, 0.3) is 0 Å². The first-order valence-corrected chi connectivity index (χ1v) is 10.6. The first-order valence-electron chi connectivity index (χ1n) is 10.6. The lowest BCUT2D eigenvalue weighted by Crippen LogP contribution is -2.31. The Morgan fingerprint density at radius 2 is 2.03 bits per heavy atom. The highest BCUT2D eigenvalue weighted by molar-refractivity contribution is 5.96. The summed E-state index contributed by atoms with van der Waals surface area (Å²) in [6.45, 7) is 2.22. The van der Waals surface area contributed by atoms with Gasteiger partial charge in [-0.1, -0.05) is 13.0 Å². The molecule has 0 unspecified atom stereocenters. The summed E-state index contributed by atoms with van der Waals surface area (Å²) in [5.41, 5.74) is 9.13. The molecule has 1 aliphatic carbocycles. The van der Waals surface area contributed by atoms with Crippen molar-refractivity contribution in [1.82, 2.24) is 9.97 Å². The smallest absolute Gasteiger partial charge is 0.185 e. The van der Waals surface area contributed by atoms with Crippen molar-refractivity contribution < 1.29 is 14.3 Å². The van der Waals surface area contributed by atoms with Gasteiger partial charge in [0, 0.05) is 36.5 Å². The molecule has 0 amide bonds. The van der Waals surface area contributed by atoms with Gasteiger partial charge in [0.1, 0.15) is 17.3 Å². The highest BCUT2D eigenvalue weighted by Gasteiger charge is 2.27. The molecule has 3 atom stereocenters. The Kier molecular flexibility index (Phi) is 6.09. The van der Waals surface area contributed by atoms with E-state index < -0.39 is 5.82 Å². The Balaban J connectivity index is 1.58. The van der Waals surface area contributed by atoms with E-state index in [4.69, 9.17) is 5.73 Å². The summed E-state index contributed by atoms with van der Waals surface area (Å²) in [5.74, 6) is -0.0360. The molecule has 31 heavy (non-hydrogen) atoms. The molecule has 5 nitrogen and oxygen atoms in total. The quantitative estimate of drug-likeness (QED) is 0.588. The van der Waals surface area contributed by atoms with Gasteiger partial charge in [-0.2, -0.15) is 0 Å². The van der Waals surface area contributed by atoms with Crippen LogP contribution in [0, 0.1) is 11.7 Å². The Hall–Kier alpha value is -3.12. The van der Waals surface area contributed by atoms with Crippen molar-refractivity contribution in [1.29, 1.82) is 0 Å². The topological polar surface area (TPSA) is 89.1 Å². The second-order valence-corrected chi connectivity index (χ2v) is 8.52. The first kappa shape index (κ1) is 21.1. The molecule has 1 fully saturated rings. The van der Waals surface area contributed by atoms with Gasteiger partial charge in [0.05, 0.1) is 5.69 Å². The molecule has 0 radical (unpaired) electrons. The molecule has 1 aromatic carbocycles.